The highest BCUT2D eigenvalue weighted by Crippen LogP contribution is 2.41. The van der Waals surface area contributed by atoms with Gasteiger partial charge in [-0.15, -0.1) is 0 Å². The van der Waals surface area contributed by atoms with Gasteiger partial charge in [-0.1, -0.05) is 6.92 Å². The van der Waals surface area contributed by atoms with Gasteiger partial charge < -0.3 is 10.2 Å². The van der Waals surface area contributed by atoms with Crippen LogP contribution in [0.1, 0.15) is 33.6 Å². The molecule has 92 valence electrons. The third-order valence-electron chi connectivity index (χ3n) is 4.66. The molecule has 16 heavy (non-hydrogen) atoms. The SMILES string of the molecule is CC(C)N1CCC2(CC1)C(=O)CNCC2C. The van der Waals surface area contributed by atoms with Gasteiger partial charge in [-0.3, -0.25) is 4.79 Å². The van der Waals surface area contributed by atoms with E-state index in [9.17, 15) is 4.79 Å². The molecule has 2 rings (SSSR count). The first-order valence-electron chi connectivity index (χ1n) is 6.54. The highest BCUT2D eigenvalue weighted by atomic mass is 16.1. The summed E-state index contributed by atoms with van der Waals surface area (Å²) in [6, 6.07) is 0.615. The van der Waals surface area contributed by atoms with Crippen LogP contribution in [0.25, 0.3) is 0 Å². The van der Waals surface area contributed by atoms with Crippen molar-refractivity contribution in [3.8, 4) is 0 Å². The lowest BCUT2D eigenvalue weighted by atomic mass is 9.64. The smallest absolute Gasteiger partial charge is 0.153 e. The van der Waals surface area contributed by atoms with E-state index in [1.54, 1.807) is 0 Å². The maximum atomic E-state index is 12.2. The number of hydrogen-bond donors (Lipinski definition) is 1. The summed E-state index contributed by atoms with van der Waals surface area (Å²) >= 11 is 0. The summed E-state index contributed by atoms with van der Waals surface area (Å²) in [6.07, 6.45) is 2.12. The Balaban J connectivity index is 2.07. The van der Waals surface area contributed by atoms with E-state index >= 15 is 0 Å². The fourth-order valence-electron chi connectivity index (χ4n) is 3.26. The second-order valence-electron chi connectivity index (χ2n) is 5.74. The lowest BCUT2D eigenvalue weighted by Gasteiger charge is -2.47. The highest BCUT2D eigenvalue weighted by Gasteiger charge is 2.46. The van der Waals surface area contributed by atoms with Gasteiger partial charge in [0.05, 0.1) is 6.54 Å². The number of hydrogen-bond acceptors (Lipinski definition) is 3. The Morgan fingerprint density at radius 3 is 2.50 bits per heavy atom. The molecule has 2 aliphatic rings. The number of ketones is 1. The molecule has 3 heteroatoms. The Kier molecular flexibility index (Phi) is 3.36. The van der Waals surface area contributed by atoms with Crippen LogP contribution in [0.2, 0.25) is 0 Å². The van der Waals surface area contributed by atoms with Gasteiger partial charge in [-0.2, -0.15) is 0 Å². The first kappa shape index (κ1) is 12.1. The lowest BCUT2D eigenvalue weighted by Crippen LogP contribution is -2.56. The van der Waals surface area contributed by atoms with Crippen molar-refractivity contribution in [3.05, 3.63) is 0 Å². The van der Waals surface area contributed by atoms with Crippen LogP contribution in [0.5, 0.6) is 0 Å². The molecule has 0 aliphatic carbocycles. The predicted octanol–water partition coefficient (Wildman–Crippen LogP) is 1.29. The molecule has 0 bridgehead atoms. The average Bonchev–Trinajstić information content (AvgIpc) is 2.27. The second-order valence-corrected chi connectivity index (χ2v) is 5.74. The maximum absolute atomic E-state index is 12.2. The summed E-state index contributed by atoms with van der Waals surface area (Å²) in [7, 11) is 0. The van der Waals surface area contributed by atoms with Crippen molar-refractivity contribution < 1.29 is 4.79 Å². The second kappa shape index (κ2) is 4.46. The maximum Gasteiger partial charge on any atom is 0.153 e. The van der Waals surface area contributed by atoms with Crippen LogP contribution >= 0.6 is 0 Å². The van der Waals surface area contributed by atoms with Gasteiger partial charge in [0.2, 0.25) is 0 Å². The van der Waals surface area contributed by atoms with Crippen LogP contribution in [-0.4, -0.2) is 42.9 Å². The Labute approximate surface area is 98.6 Å². The number of nitrogens with zero attached hydrogens (tertiary/aromatic N) is 1. The van der Waals surface area contributed by atoms with E-state index in [0.717, 1.165) is 32.5 Å². The quantitative estimate of drug-likeness (QED) is 0.728. The Hall–Kier alpha value is -0.410. The molecule has 0 radical (unpaired) electrons. The monoisotopic (exact) mass is 224 g/mol. The van der Waals surface area contributed by atoms with Gasteiger partial charge in [0.15, 0.2) is 5.78 Å². The van der Waals surface area contributed by atoms with Crippen LogP contribution in [0.15, 0.2) is 0 Å². The third-order valence-corrected chi connectivity index (χ3v) is 4.66. The number of likely N-dealkylation sites (tertiary alicyclic amines) is 1. The fraction of sp³-hybridized carbons (Fsp3) is 0.923. The zero-order valence-corrected chi connectivity index (χ0v) is 10.8. The van der Waals surface area contributed by atoms with E-state index in [-0.39, 0.29) is 5.41 Å². The number of piperidine rings is 2. The van der Waals surface area contributed by atoms with Crippen LogP contribution in [0.3, 0.4) is 0 Å². The van der Waals surface area contributed by atoms with E-state index < -0.39 is 0 Å². The molecule has 0 aromatic carbocycles. The highest BCUT2D eigenvalue weighted by molar-refractivity contribution is 5.87. The summed E-state index contributed by atoms with van der Waals surface area (Å²) in [6.45, 7) is 10.5. The van der Waals surface area contributed by atoms with Gasteiger partial charge >= 0.3 is 0 Å². The molecule has 0 saturated carbocycles. The summed E-state index contributed by atoms with van der Waals surface area (Å²) in [5.74, 6) is 0.956. The third kappa shape index (κ3) is 1.91. The minimum Gasteiger partial charge on any atom is -0.310 e. The number of carbonyl (C=O) groups excluding carboxylic acids is 1. The molecule has 2 heterocycles. The molecule has 1 spiro atoms. The van der Waals surface area contributed by atoms with Crippen molar-refractivity contribution in [3.63, 3.8) is 0 Å². The fourth-order valence-corrected chi connectivity index (χ4v) is 3.26. The van der Waals surface area contributed by atoms with E-state index in [4.69, 9.17) is 0 Å². The predicted molar refractivity (Wildman–Crippen MR) is 65.4 cm³/mol. The first-order valence-corrected chi connectivity index (χ1v) is 6.54. The van der Waals surface area contributed by atoms with Gasteiger partial charge in [-0.05, 0) is 52.2 Å². The molecular weight excluding hydrogens is 200 g/mol. The van der Waals surface area contributed by atoms with E-state index in [1.165, 1.54) is 0 Å². The molecule has 1 unspecified atom stereocenters. The summed E-state index contributed by atoms with van der Waals surface area (Å²) < 4.78 is 0. The topological polar surface area (TPSA) is 32.3 Å². The normalized spacial score (nSPS) is 31.2. The van der Waals surface area contributed by atoms with Crippen LogP contribution in [-0.2, 0) is 4.79 Å². The number of nitrogens with one attached hydrogen (secondary N) is 1. The molecule has 0 aromatic rings. The number of carbonyl (C=O) groups is 1. The van der Waals surface area contributed by atoms with E-state index in [2.05, 4.69) is 31.0 Å². The van der Waals surface area contributed by atoms with Crippen molar-refractivity contribution in [1.82, 2.24) is 10.2 Å². The molecule has 0 aromatic heterocycles. The number of Topliss-reactive ketones (excluding diaryl/α,β-unsaturated/α-hetero) is 1. The zero-order valence-electron chi connectivity index (χ0n) is 10.8. The van der Waals surface area contributed by atoms with Crippen LogP contribution in [0, 0.1) is 11.3 Å². The first-order chi connectivity index (χ1) is 7.56. The molecular formula is C13H24N2O. The minimum atomic E-state index is -0.00333. The van der Waals surface area contributed by atoms with Crippen molar-refractivity contribution in [2.75, 3.05) is 26.2 Å². The van der Waals surface area contributed by atoms with Gasteiger partial charge in [0, 0.05) is 11.5 Å². The minimum absolute atomic E-state index is 0.00333. The largest absolute Gasteiger partial charge is 0.310 e. The van der Waals surface area contributed by atoms with Crippen molar-refractivity contribution in [2.45, 2.75) is 39.7 Å². The van der Waals surface area contributed by atoms with E-state index in [1.807, 2.05) is 0 Å². The van der Waals surface area contributed by atoms with Crippen molar-refractivity contribution in [1.29, 1.82) is 0 Å². The Morgan fingerprint density at radius 2 is 2.00 bits per heavy atom. The van der Waals surface area contributed by atoms with Crippen molar-refractivity contribution in [2.24, 2.45) is 11.3 Å². The Bertz CT molecular complexity index is 267. The molecule has 1 N–H and O–H groups in total. The molecule has 2 saturated heterocycles. The average molecular weight is 224 g/mol. The molecule has 2 fully saturated rings. The van der Waals surface area contributed by atoms with Gasteiger partial charge in [-0.25, -0.2) is 0 Å². The van der Waals surface area contributed by atoms with Gasteiger partial charge in [0.1, 0.15) is 0 Å². The summed E-state index contributed by atoms with van der Waals surface area (Å²) in [5, 5.41) is 3.23. The summed E-state index contributed by atoms with van der Waals surface area (Å²) in [5.41, 5.74) is -0.00333. The molecule has 0 amide bonds. The van der Waals surface area contributed by atoms with Crippen LogP contribution < -0.4 is 5.32 Å². The van der Waals surface area contributed by atoms with E-state index in [0.29, 0.717) is 24.3 Å². The summed E-state index contributed by atoms with van der Waals surface area (Å²) in [4.78, 5) is 14.7. The standard InChI is InChI=1S/C13H24N2O/c1-10(2)15-6-4-13(5-7-15)11(3)8-14-9-12(13)16/h10-11,14H,4-9H2,1-3H3. The molecule has 1 atom stereocenters. The van der Waals surface area contributed by atoms with Crippen LogP contribution in [0.4, 0.5) is 0 Å². The Morgan fingerprint density at radius 1 is 1.38 bits per heavy atom. The molecule has 3 nitrogen and oxygen atoms in total. The molecule has 2 aliphatic heterocycles. The van der Waals surface area contributed by atoms with Gasteiger partial charge in [0.25, 0.3) is 0 Å². The van der Waals surface area contributed by atoms with Crippen molar-refractivity contribution >= 4 is 5.78 Å². The zero-order chi connectivity index (χ0) is 11.8. The lowest BCUT2D eigenvalue weighted by molar-refractivity contribution is -0.137. The number of rotatable bonds is 1.